The third-order valence-corrected chi connectivity index (χ3v) is 4.03. The summed E-state index contributed by atoms with van der Waals surface area (Å²) in [4.78, 5) is 35.7. The van der Waals surface area contributed by atoms with Crippen molar-refractivity contribution in [3.63, 3.8) is 0 Å². The molecule has 0 saturated carbocycles. The van der Waals surface area contributed by atoms with Crippen molar-refractivity contribution in [2.75, 3.05) is 13.9 Å². The van der Waals surface area contributed by atoms with Crippen molar-refractivity contribution < 1.29 is 28.6 Å². The highest BCUT2D eigenvalue weighted by Crippen LogP contribution is 2.32. The van der Waals surface area contributed by atoms with Gasteiger partial charge in [-0.05, 0) is 30.0 Å². The molecule has 2 N–H and O–H groups in total. The number of nitrogens with one attached hydrogen (secondary N) is 2. The number of carbonyl (C=O) groups excluding carboxylic acids is 3. The fourth-order valence-corrected chi connectivity index (χ4v) is 2.66. The number of benzene rings is 1. The molecule has 0 aromatic heterocycles. The van der Waals surface area contributed by atoms with Gasteiger partial charge in [0.05, 0.1) is 7.11 Å². The molecular weight excluding hydrogens is 352 g/mol. The Bertz CT molecular complexity index is 689. The van der Waals surface area contributed by atoms with Gasteiger partial charge in [-0.3, -0.25) is 9.59 Å². The molecule has 0 spiro atoms. The lowest BCUT2D eigenvalue weighted by Crippen LogP contribution is -2.42. The largest absolute Gasteiger partial charge is 0.467 e. The number of amides is 2. The van der Waals surface area contributed by atoms with Crippen molar-refractivity contribution >= 4 is 17.8 Å². The Labute approximate surface area is 158 Å². The molecule has 1 heterocycles. The summed E-state index contributed by atoms with van der Waals surface area (Å²) in [6, 6.07) is 4.74. The fraction of sp³-hybridized carbons (Fsp3) is 0.526. The highest BCUT2D eigenvalue weighted by molar-refractivity contribution is 5.87. The molecule has 0 bridgehead atoms. The smallest absolute Gasteiger partial charge is 0.328 e. The summed E-state index contributed by atoms with van der Waals surface area (Å²) in [6.45, 7) is 4.43. The summed E-state index contributed by atoms with van der Waals surface area (Å²) < 4.78 is 15.2. The van der Waals surface area contributed by atoms with E-state index in [1.165, 1.54) is 7.11 Å². The third kappa shape index (κ3) is 6.47. The molecule has 0 aliphatic carbocycles. The molecule has 8 nitrogen and oxygen atoms in total. The zero-order chi connectivity index (χ0) is 19.8. The third-order valence-electron chi connectivity index (χ3n) is 4.03. The van der Waals surface area contributed by atoms with Gasteiger partial charge in [-0.15, -0.1) is 0 Å². The highest BCUT2D eigenvalue weighted by Gasteiger charge is 2.22. The number of ether oxygens (including phenoxy) is 3. The average Bonchev–Trinajstić information content (AvgIpc) is 3.10. The van der Waals surface area contributed by atoms with Crippen LogP contribution in [0.1, 0.15) is 38.7 Å². The summed E-state index contributed by atoms with van der Waals surface area (Å²) >= 11 is 0. The predicted molar refractivity (Wildman–Crippen MR) is 97.0 cm³/mol. The first-order chi connectivity index (χ1) is 12.9. The quantitative estimate of drug-likeness (QED) is 0.632. The summed E-state index contributed by atoms with van der Waals surface area (Å²) in [5.74, 6) is 0.470. The van der Waals surface area contributed by atoms with Gasteiger partial charge in [0.2, 0.25) is 18.6 Å². The Kier molecular flexibility index (Phi) is 7.45. The van der Waals surface area contributed by atoms with Crippen LogP contribution in [0, 0.1) is 5.92 Å². The van der Waals surface area contributed by atoms with E-state index >= 15 is 0 Å². The molecule has 1 aliphatic rings. The van der Waals surface area contributed by atoms with E-state index in [4.69, 9.17) is 14.2 Å². The standard InChI is InChI=1S/C19H26N2O6/c1-12(2)8-14(19(24)25-3)21-18(23)7-6-17(22)20-10-13-4-5-15-16(9-13)27-11-26-15/h4-5,9,12,14H,6-8,10-11H2,1-3H3,(H,20,22)(H,21,23). The zero-order valence-electron chi connectivity index (χ0n) is 15.9. The first-order valence-electron chi connectivity index (χ1n) is 8.91. The van der Waals surface area contributed by atoms with Crippen LogP contribution in [0.25, 0.3) is 0 Å². The summed E-state index contributed by atoms with van der Waals surface area (Å²) in [5.41, 5.74) is 0.875. The van der Waals surface area contributed by atoms with Crippen LogP contribution in [0.2, 0.25) is 0 Å². The molecule has 0 radical (unpaired) electrons. The molecule has 1 atom stereocenters. The van der Waals surface area contributed by atoms with Crippen molar-refractivity contribution in [3.8, 4) is 11.5 Å². The molecule has 148 valence electrons. The molecule has 2 rings (SSSR count). The van der Waals surface area contributed by atoms with Gasteiger partial charge in [-0.25, -0.2) is 4.79 Å². The van der Waals surface area contributed by atoms with E-state index in [2.05, 4.69) is 10.6 Å². The van der Waals surface area contributed by atoms with Crippen LogP contribution in [-0.2, 0) is 25.7 Å². The molecular formula is C19H26N2O6. The summed E-state index contributed by atoms with van der Waals surface area (Å²) in [6.07, 6.45) is 0.513. The maximum atomic E-state index is 12.0. The Morgan fingerprint density at radius 3 is 2.52 bits per heavy atom. The van der Waals surface area contributed by atoms with Gasteiger partial charge >= 0.3 is 5.97 Å². The second-order valence-electron chi connectivity index (χ2n) is 6.74. The monoisotopic (exact) mass is 378 g/mol. The number of rotatable bonds is 9. The minimum atomic E-state index is -0.695. The van der Waals surface area contributed by atoms with Gasteiger partial charge in [-0.2, -0.15) is 0 Å². The minimum absolute atomic E-state index is 0.00143. The molecule has 1 aromatic carbocycles. The van der Waals surface area contributed by atoms with Crippen LogP contribution in [-0.4, -0.2) is 37.7 Å². The van der Waals surface area contributed by atoms with E-state index in [1.807, 2.05) is 26.0 Å². The van der Waals surface area contributed by atoms with Gasteiger partial charge in [0.15, 0.2) is 11.5 Å². The molecule has 1 unspecified atom stereocenters. The number of hydrogen-bond acceptors (Lipinski definition) is 6. The van der Waals surface area contributed by atoms with E-state index in [1.54, 1.807) is 6.07 Å². The Morgan fingerprint density at radius 1 is 1.11 bits per heavy atom. The van der Waals surface area contributed by atoms with E-state index in [9.17, 15) is 14.4 Å². The lowest BCUT2D eigenvalue weighted by molar-refractivity contribution is -0.145. The summed E-state index contributed by atoms with van der Waals surface area (Å²) in [5, 5.41) is 5.39. The topological polar surface area (TPSA) is 103 Å². The van der Waals surface area contributed by atoms with Gasteiger partial charge < -0.3 is 24.8 Å². The molecule has 2 amide bonds. The highest BCUT2D eigenvalue weighted by atomic mass is 16.7. The molecule has 1 aliphatic heterocycles. The number of hydrogen-bond donors (Lipinski definition) is 2. The number of methoxy groups -OCH3 is 1. The first-order valence-corrected chi connectivity index (χ1v) is 8.91. The fourth-order valence-electron chi connectivity index (χ4n) is 2.66. The molecule has 27 heavy (non-hydrogen) atoms. The van der Waals surface area contributed by atoms with Crippen LogP contribution in [0.4, 0.5) is 0 Å². The van der Waals surface area contributed by atoms with Crippen LogP contribution < -0.4 is 20.1 Å². The van der Waals surface area contributed by atoms with Gasteiger partial charge in [0, 0.05) is 19.4 Å². The second-order valence-corrected chi connectivity index (χ2v) is 6.74. The minimum Gasteiger partial charge on any atom is -0.467 e. The van der Waals surface area contributed by atoms with Crippen molar-refractivity contribution in [3.05, 3.63) is 23.8 Å². The maximum Gasteiger partial charge on any atom is 0.328 e. The summed E-state index contributed by atoms with van der Waals surface area (Å²) in [7, 11) is 1.28. The van der Waals surface area contributed by atoms with Crippen LogP contribution in [0.3, 0.4) is 0 Å². The number of fused-ring (bicyclic) bond motifs is 1. The lowest BCUT2D eigenvalue weighted by Gasteiger charge is -2.18. The van der Waals surface area contributed by atoms with Gasteiger partial charge in [0.1, 0.15) is 6.04 Å². The second kappa shape index (κ2) is 9.80. The van der Waals surface area contributed by atoms with Gasteiger partial charge in [0.25, 0.3) is 0 Å². The van der Waals surface area contributed by atoms with Crippen molar-refractivity contribution in [1.29, 1.82) is 0 Å². The Hall–Kier alpha value is -2.77. The van der Waals surface area contributed by atoms with Crippen LogP contribution >= 0.6 is 0 Å². The lowest BCUT2D eigenvalue weighted by atomic mass is 10.0. The Morgan fingerprint density at radius 2 is 1.81 bits per heavy atom. The van der Waals surface area contributed by atoms with Crippen molar-refractivity contribution in [1.82, 2.24) is 10.6 Å². The first kappa shape index (κ1) is 20.5. The SMILES string of the molecule is COC(=O)C(CC(C)C)NC(=O)CCC(=O)NCc1ccc2c(c1)OCO2. The van der Waals surface area contributed by atoms with E-state index in [0.717, 1.165) is 5.56 Å². The van der Waals surface area contributed by atoms with E-state index < -0.39 is 12.0 Å². The van der Waals surface area contributed by atoms with E-state index in [0.29, 0.717) is 24.5 Å². The normalized spacial score (nSPS) is 13.2. The van der Waals surface area contributed by atoms with E-state index in [-0.39, 0.29) is 37.4 Å². The Balaban J connectivity index is 1.74. The molecule has 8 heteroatoms. The molecule has 0 fully saturated rings. The van der Waals surface area contributed by atoms with Crippen molar-refractivity contribution in [2.45, 2.75) is 45.7 Å². The zero-order valence-corrected chi connectivity index (χ0v) is 15.9. The van der Waals surface area contributed by atoms with Gasteiger partial charge in [-0.1, -0.05) is 19.9 Å². The number of carbonyl (C=O) groups is 3. The van der Waals surface area contributed by atoms with Crippen LogP contribution in [0.5, 0.6) is 11.5 Å². The average molecular weight is 378 g/mol. The van der Waals surface area contributed by atoms with Crippen LogP contribution in [0.15, 0.2) is 18.2 Å². The van der Waals surface area contributed by atoms with Crippen molar-refractivity contribution in [2.24, 2.45) is 5.92 Å². The molecule has 0 saturated heterocycles. The number of esters is 1. The predicted octanol–water partition coefficient (Wildman–Crippen LogP) is 1.52. The maximum absolute atomic E-state index is 12.0. The molecule has 1 aromatic rings.